The lowest BCUT2D eigenvalue weighted by molar-refractivity contribution is 0.151. The standard InChI is InChI=1S/C7H6F3N/c8-5-1-4(7(9)10)2-6(11)3-5/h1-3,7H,11H2. The molecule has 2 N–H and O–H groups in total. The highest BCUT2D eigenvalue weighted by Gasteiger charge is 2.08. The average Bonchev–Trinajstić information content (AvgIpc) is 1.85. The zero-order chi connectivity index (χ0) is 8.43. The van der Waals surface area contributed by atoms with Crippen LogP contribution in [0.4, 0.5) is 18.9 Å². The van der Waals surface area contributed by atoms with Gasteiger partial charge < -0.3 is 5.73 Å². The SMILES string of the molecule is Nc1cc(F)cc(C(F)F)c1. The number of anilines is 1. The van der Waals surface area contributed by atoms with Crippen molar-refractivity contribution in [1.29, 1.82) is 0 Å². The summed E-state index contributed by atoms with van der Waals surface area (Å²) in [6.07, 6.45) is -2.67. The lowest BCUT2D eigenvalue weighted by Gasteiger charge is -2.00. The minimum Gasteiger partial charge on any atom is -0.399 e. The van der Waals surface area contributed by atoms with Gasteiger partial charge in [0.05, 0.1) is 0 Å². The first-order valence-electron chi connectivity index (χ1n) is 2.93. The summed E-state index contributed by atoms with van der Waals surface area (Å²) in [6, 6.07) is 2.81. The van der Waals surface area contributed by atoms with Crippen molar-refractivity contribution in [2.24, 2.45) is 0 Å². The average molecular weight is 161 g/mol. The van der Waals surface area contributed by atoms with Crippen molar-refractivity contribution in [3.8, 4) is 0 Å². The van der Waals surface area contributed by atoms with E-state index in [1.54, 1.807) is 0 Å². The fourth-order valence-electron chi connectivity index (χ4n) is 0.762. The van der Waals surface area contributed by atoms with Crippen LogP contribution >= 0.6 is 0 Å². The van der Waals surface area contributed by atoms with Crippen LogP contribution in [-0.4, -0.2) is 0 Å². The number of hydrogen-bond acceptors (Lipinski definition) is 1. The maximum absolute atomic E-state index is 12.4. The molecule has 0 spiro atoms. The van der Waals surface area contributed by atoms with Crippen molar-refractivity contribution in [2.45, 2.75) is 6.43 Å². The number of nitrogen functional groups attached to an aromatic ring is 1. The number of hydrogen-bond donors (Lipinski definition) is 1. The molecular weight excluding hydrogens is 155 g/mol. The predicted octanol–water partition coefficient (Wildman–Crippen LogP) is 2.35. The molecule has 1 rings (SSSR count). The summed E-state index contributed by atoms with van der Waals surface area (Å²) < 4.78 is 36.2. The Morgan fingerprint density at radius 1 is 1.18 bits per heavy atom. The van der Waals surface area contributed by atoms with Gasteiger partial charge in [-0.3, -0.25) is 0 Å². The Kier molecular flexibility index (Phi) is 2.03. The summed E-state index contributed by atoms with van der Waals surface area (Å²) in [5.41, 5.74) is 4.75. The molecule has 0 heterocycles. The van der Waals surface area contributed by atoms with Gasteiger partial charge in [-0.15, -0.1) is 0 Å². The third-order valence-electron chi connectivity index (χ3n) is 1.19. The van der Waals surface area contributed by atoms with Gasteiger partial charge in [-0.05, 0) is 18.2 Å². The molecule has 11 heavy (non-hydrogen) atoms. The molecule has 0 aliphatic carbocycles. The van der Waals surface area contributed by atoms with Crippen LogP contribution in [-0.2, 0) is 0 Å². The van der Waals surface area contributed by atoms with Crippen molar-refractivity contribution in [1.82, 2.24) is 0 Å². The molecule has 0 radical (unpaired) electrons. The molecule has 0 fully saturated rings. The highest BCUT2D eigenvalue weighted by Crippen LogP contribution is 2.21. The third-order valence-corrected chi connectivity index (χ3v) is 1.19. The van der Waals surface area contributed by atoms with E-state index in [9.17, 15) is 13.2 Å². The number of rotatable bonds is 1. The first-order valence-corrected chi connectivity index (χ1v) is 2.93. The molecule has 0 bridgehead atoms. The first-order chi connectivity index (χ1) is 5.09. The Labute approximate surface area is 61.6 Å². The van der Waals surface area contributed by atoms with Crippen LogP contribution in [0.15, 0.2) is 18.2 Å². The van der Waals surface area contributed by atoms with E-state index in [0.717, 1.165) is 18.2 Å². The van der Waals surface area contributed by atoms with Gasteiger partial charge in [0.1, 0.15) is 5.82 Å². The molecule has 1 aromatic carbocycles. The van der Waals surface area contributed by atoms with E-state index in [4.69, 9.17) is 5.73 Å². The molecule has 0 amide bonds. The fraction of sp³-hybridized carbons (Fsp3) is 0.143. The Bertz CT molecular complexity index is 240. The lowest BCUT2D eigenvalue weighted by atomic mass is 10.2. The van der Waals surface area contributed by atoms with Crippen LogP contribution < -0.4 is 5.73 Å². The summed E-state index contributed by atoms with van der Waals surface area (Å²) in [7, 11) is 0. The van der Waals surface area contributed by atoms with Gasteiger partial charge in [0.2, 0.25) is 0 Å². The van der Waals surface area contributed by atoms with Crippen molar-refractivity contribution in [3.63, 3.8) is 0 Å². The van der Waals surface area contributed by atoms with E-state index in [-0.39, 0.29) is 11.3 Å². The van der Waals surface area contributed by atoms with Crippen LogP contribution in [0.2, 0.25) is 0 Å². The van der Waals surface area contributed by atoms with E-state index in [1.807, 2.05) is 0 Å². The van der Waals surface area contributed by atoms with Gasteiger partial charge in [-0.25, -0.2) is 13.2 Å². The van der Waals surface area contributed by atoms with E-state index < -0.39 is 12.2 Å². The number of nitrogens with two attached hydrogens (primary N) is 1. The Balaban J connectivity index is 3.08. The first kappa shape index (κ1) is 7.91. The Hall–Kier alpha value is -1.19. The molecule has 0 saturated carbocycles. The molecule has 4 heteroatoms. The second kappa shape index (κ2) is 2.82. The maximum Gasteiger partial charge on any atom is 0.264 e. The molecule has 0 aromatic heterocycles. The van der Waals surface area contributed by atoms with Crippen LogP contribution in [0.1, 0.15) is 12.0 Å². The topological polar surface area (TPSA) is 26.0 Å². The quantitative estimate of drug-likeness (QED) is 0.628. The van der Waals surface area contributed by atoms with E-state index >= 15 is 0 Å². The van der Waals surface area contributed by atoms with Crippen LogP contribution in [0.5, 0.6) is 0 Å². The van der Waals surface area contributed by atoms with Gasteiger partial charge in [-0.1, -0.05) is 0 Å². The molecular formula is C7H6F3N. The van der Waals surface area contributed by atoms with E-state index in [1.165, 1.54) is 0 Å². The molecule has 0 atom stereocenters. The molecule has 0 unspecified atom stereocenters. The summed E-state index contributed by atoms with van der Waals surface area (Å²) in [5.74, 6) is -0.736. The smallest absolute Gasteiger partial charge is 0.264 e. The Morgan fingerprint density at radius 2 is 1.82 bits per heavy atom. The van der Waals surface area contributed by atoms with Crippen molar-refractivity contribution < 1.29 is 13.2 Å². The summed E-state index contributed by atoms with van der Waals surface area (Å²) in [6.45, 7) is 0. The number of halogens is 3. The van der Waals surface area contributed by atoms with Crippen molar-refractivity contribution in [3.05, 3.63) is 29.6 Å². The van der Waals surface area contributed by atoms with Gasteiger partial charge in [0.25, 0.3) is 6.43 Å². The second-order valence-electron chi connectivity index (χ2n) is 2.12. The van der Waals surface area contributed by atoms with Crippen LogP contribution in [0.25, 0.3) is 0 Å². The van der Waals surface area contributed by atoms with E-state index in [0.29, 0.717) is 0 Å². The molecule has 0 aliphatic heterocycles. The zero-order valence-corrected chi connectivity index (χ0v) is 5.52. The summed E-state index contributed by atoms with van der Waals surface area (Å²) in [4.78, 5) is 0. The van der Waals surface area contributed by atoms with Gasteiger partial charge >= 0.3 is 0 Å². The number of benzene rings is 1. The monoisotopic (exact) mass is 161 g/mol. The second-order valence-corrected chi connectivity index (χ2v) is 2.12. The number of alkyl halides is 2. The summed E-state index contributed by atoms with van der Waals surface area (Å²) in [5, 5.41) is 0. The minimum absolute atomic E-state index is 0.0142. The molecule has 1 nitrogen and oxygen atoms in total. The van der Waals surface area contributed by atoms with Gasteiger partial charge in [-0.2, -0.15) is 0 Å². The third kappa shape index (κ3) is 1.86. The van der Waals surface area contributed by atoms with Crippen LogP contribution in [0.3, 0.4) is 0 Å². The molecule has 1 aromatic rings. The maximum atomic E-state index is 12.4. The predicted molar refractivity (Wildman–Crippen MR) is 35.8 cm³/mol. The highest BCUT2D eigenvalue weighted by atomic mass is 19.3. The normalized spacial score (nSPS) is 10.5. The lowest BCUT2D eigenvalue weighted by Crippen LogP contribution is -1.91. The minimum atomic E-state index is -2.67. The molecule has 0 saturated heterocycles. The van der Waals surface area contributed by atoms with Crippen molar-refractivity contribution >= 4 is 5.69 Å². The highest BCUT2D eigenvalue weighted by molar-refractivity contribution is 5.41. The van der Waals surface area contributed by atoms with Crippen molar-refractivity contribution in [2.75, 3.05) is 5.73 Å². The summed E-state index contributed by atoms with van der Waals surface area (Å²) >= 11 is 0. The van der Waals surface area contributed by atoms with E-state index in [2.05, 4.69) is 0 Å². The largest absolute Gasteiger partial charge is 0.399 e. The Morgan fingerprint density at radius 3 is 2.27 bits per heavy atom. The molecule has 60 valence electrons. The zero-order valence-electron chi connectivity index (χ0n) is 5.52. The molecule has 0 aliphatic rings. The van der Waals surface area contributed by atoms with Crippen LogP contribution in [0, 0.1) is 5.82 Å². The fourth-order valence-corrected chi connectivity index (χ4v) is 0.762. The van der Waals surface area contributed by atoms with Gasteiger partial charge in [0, 0.05) is 11.3 Å². The van der Waals surface area contributed by atoms with Gasteiger partial charge in [0.15, 0.2) is 0 Å².